The average Bonchev–Trinajstić information content (AvgIpc) is 3.81. The number of nitrogens with one attached hydrogen (secondary N) is 1. The number of piperazine rings is 1. The van der Waals surface area contributed by atoms with Gasteiger partial charge in [0.2, 0.25) is 20.0 Å². The zero-order valence-electron chi connectivity index (χ0n) is 22.8. The van der Waals surface area contributed by atoms with Crippen LogP contribution in [0.5, 0.6) is 0 Å². The summed E-state index contributed by atoms with van der Waals surface area (Å²) in [6.45, 7) is 1.74. The van der Waals surface area contributed by atoms with Crippen LogP contribution in [0.4, 0.5) is 17.6 Å². The Bertz CT molecular complexity index is 1640. The zero-order chi connectivity index (χ0) is 32.6. The molecule has 1 aliphatic heterocycles. The van der Waals surface area contributed by atoms with Gasteiger partial charge in [0.25, 0.3) is 5.91 Å². The molecule has 0 unspecified atom stereocenters. The summed E-state index contributed by atoms with van der Waals surface area (Å²) in [5.74, 6) is -4.29. The van der Waals surface area contributed by atoms with Crippen molar-refractivity contribution in [1.82, 2.24) is 13.9 Å². The molecule has 2 aromatic carbocycles. The van der Waals surface area contributed by atoms with E-state index in [9.17, 15) is 39.2 Å². The van der Waals surface area contributed by atoms with Crippen molar-refractivity contribution in [3.05, 3.63) is 62.9 Å². The Morgan fingerprint density at radius 2 is 1.45 bits per heavy atom. The van der Waals surface area contributed by atoms with Crippen molar-refractivity contribution in [2.75, 3.05) is 26.2 Å². The first kappa shape index (κ1) is 34.4. The summed E-state index contributed by atoms with van der Waals surface area (Å²) >= 11 is 12.0. The van der Waals surface area contributed by atoms with Crippen LogP contribution in [0.3, 0.4) is 0 Å². The van der Waals surface area contributed by atoms with Gasteiger partial charge in [-0.1, -0.05) is 23.2 Å². The third-order valence-corrected chi connectivity index (χ3v) is 11.3. The van der Waals surface area contributed by atoms with Crippen molar-refractivity contribution in [2.24, 2.45) is 0 Å². The molecule has 44 heavy (non-hydrogen) atoms. The fourth-order valence-corrected chi connectivity index (χ4v) is 8.00. The number of carbonyl (C=O) groups excluding carboxylic acids is 1. The third-order valence-electron chi connectivity index (χ3n) is 7.13. The van der Waals surface area contributed by atoms with Crippen LogP contribution in [0, 0.1) is 5.82 Å². The largest absolute Gasteiger partial charge is 0.490 e. The van der Waals surface area contributed by atoms with Crippen molar-refractivity contribution >= 4 is 55.1 Å². The number of halogens is 6. The van der Waals surface area contributed by atoms with E-state index in [1.54, 1.807) is 0 Å². The molecule has 3 fully saturated rings. The number of nitrogens with zero attached hydrogens (tertiary/aromatic N) is 2. The number of aliphatic carboxylic acids is 1. The van der Waals surface area contributed by atoms with Gasteiger partial charge in [0.05, 0.1) is 15.7 Å². The lowest BCUT2D eigenvalue weighted by Crippen LogP contribution is -2.48. The Labute approximate surface area is 261 Å². The fraction of sp³-hybridized carbons (Fsp3) is 0.462. The van der Waals surface area contributed by atoms with Gasteiger partial charge in [-0.2, -0.15) is 17.5 Å². The highest BCUT2D eigenvalue weighted by atomic mass is 35.5. The van der Waals surface area contributed by atoms with E-state index in [1.165, 1.54) is 34.6 Å². The fourth-order valence-electron chi connectivity index (χ4n) is 4.56. The number of amides is 1. The molecule has 2 aromatic rings. The second-order valence-electron chi connectivity index (χ2n) is 10.6. The molecule has 242 valence electrons. The molecule has 0 radical (unpaired) electrons. The highest BCUT2D eigenvalue weighted by Gasteiger charge is 2.39. The lowest BCUT2D eigenvalue weighted by molar-refractivity contribution is -0.192. The van der Waals surface area contributed by atoms with Crippen LogP contribution < -0.4 is 4.72 Å². The summed E-state index contributed by atoms with van der Waals surface area (Å²) in [4.78, 5) is 23.5. The molecule has 5 rings (SSSR count). The number of rotatable bonds is 8. The second-order valence-corrected chi connectivity index (χ2v) is 15.3. The van der Waals surface area contributed by atoms with E-state index in [2.05, 4.69) is 0 Å². The highest BCUT2D eigenvalue weighted by Crippen LogP contribution is 2.43. The van der Waals surface area contributed by atoms with Gasteiger partial charge in [0.1, 0.15) is 5.82 Å². The third kappa shape index (κ3) is 8.60. The van der Waals surface area contributed by atoms with E-state index in [1.807, 2.05) is 9.62 Å². The minimum atomic E-state index is -5.08. The molecular formula is C26H27Cl2F4N3O7S2. The molecule has 0 bridgehead atoms. The van der Waals surface area contributed by atoms with Crippen molar-refractivity contribution in [3.63, 3.8) is 0 Å². The monoisotopic (exact) mass is 703 g/mol. The van der Waals surface area contributed by atoms with Gasteiger partial charge in [-0.15, -0.1) is 0 Å². The van der Waals surface area contributed by atoms with E-state index >= 15 is 0 Å². The van der Waals surface area contributed by atoms with Crippen LogP contribution in [0.15, 0.2) is 35.2 Å². The van der Waals surface area contributed by atoms with Crippen LogP contribution in [-0.4, -0.2) is 80.6 Å². The number of hydrogen-bond donors (Lipinski definition) is 2. The van der Waals surface area contributed by atoms with Crippen LogP contribution in [0.25, 0.3) is 0 Å². The van der Waals surface area contributed by atoms with E-state index in [-0.39, 0.29) is 39.5 Å². The van der Waals surface area contributed by atoms with Crippen molar-refractivity contribution < 1.29 is 49.1 Å². The molecule has 0 aromatic heterocycles. The Balaban J connectivity index is 0.000000566. The Hall–Kier alpha value is -2.50. The second kappa shape index (κ2) is 13.1. The van der Waals surface area contributed by atoms with Crippen molar-refractivity contribution in [1.29, 1.82) is 0 Å². The van der Waals surface area contributed by atoms with Gasteiger partial charge in [0, 0.05) is 42.8 Å². The van der Waals surface area contributed by atoms with Crippen LogP contribution >= 0.6 is 23.2 Å². The molecule has 1 heterocycles. The van der Waals surface area contributed by atoms with E-state index in [4.69, 9.17) is 33.1 Å². The molecule has 0 atom stereocenters. The van der Waals surface area contributed by atoms with E-state index < -0.39 is 49.2 Å². The molecule has 0 spiro atoms. The van der Waals surface area contributed by atoms with E-state index in [0.717, 1.165) is 24.0 Å². The molecule has 2 saturated carbocycles. The Morgan fingerprint density at radius 3 is 1.93 bits per heavy atom. The van der Waals surface area contributed by atoms with Gasteiger partial charge >= 0.3 is 12.1 Å². The summed E-state index contributed by atoms with van der Waals surface area (Å²) in [6, 6.07) is 6.99. The topological polar surface area (TPSA) is 141 Å². The number of hydrogen-bond acceptors (Lipinski definition) is 7. The first-order valence-electron chi connectivity index (χ1n) is 13.3. The normalized spacial score (nSPS) is 18.3. The minimum Gasteiger partial charge on any atom is -0.475 e. The highest BCUT2D eigenvalue weighted by molar-refractivity contribution is 7.91. The van der Waals surface area contributed by atoms with Gasteiger partial charge in [0.15, 0.2) is 0 Å². The molecule has 3 aliphatic rings. The number of carbonyl (C=O) groups is 2. The van der Waals surface area contributed by atoms with E-state index in [0.29, 0.717) is 32.5 Å². The predicted molar refractivity (Wildman–Crippen MR) is 152 cm³/mol. The minimum absolute atomic E-state index is 0.0362. The standard InChI is InChI=1S/C24H26Cl2FN3O5S2.C2HF3O2/c25-17-10-18(26)12-20(11-17)37(34,35)30-7-5-29(6-8-30)14-16-9-23(27)22(13-21(16)15-1-2-15)24(31)28-36(32,33)19-3-4-19;3-2(4,5)1(6)7/h9-13,15,19H,1-8,14H2,(H,28,31);(H,6,7). The predicted octanol–water partition coefficient (Wildman–Crippen LogP) is 4.37. The maximum absolute atomic E-state index is 15.0. The van der Waals surface area contributed by atoms with Gasteiger partial charge < -0.3 is 5.11 Å². The lowest BCUT2D eigenvalue weighted by Gasteiger charge is -2.34. The Kier molecular flexibility index (Phi) is 10.2. The van der Waals surface area contributed by atoms with Gasteiger partial charge in [-0.3, -0.25) is 9.69 Å². The first-order valence-corrected chi connectivity index (χ1v) is 17.0. The molecule has 2 N–H and O–H groups in total. The molecule has 1 amide bonds. The summed E-state index contributed by atoms with van der Waals surface area (Å²) < 4.78 is 101. The lowest BCUT2D eigenvalue weighted by atomic mass is 9.98. The number of sulfonamides is 2. The van der Waals surface area contributed by atoms with Crippen molar-refractivity contribution in [3.8, 4) is 0 Å². The number of carboxylic acids is 1. The summed E-state index contributed by atoms with van der Waals surface area (Å²) in [5.41, 5.74) is 1.28. The molecule has 18 heteroatoms. The first-order chi connectivity index (χ1) is 20.4. The molecular weight excluding hydrogens is 677 g/mol. The smallest absolute Gasteiger partial charge is 0.475 e. The molecule has 2 aliphatic carbocycles. The molecule has 1 saturated heterocycles. The molecule has 10 nitrogen and oxygen atoms in total. The van der Waals surface area contributed by atoms with Gasteiger partial charge in [-0.05, 0) is 73.1 Å². The van der Waals surface area contributed by atoms with Crippen LogP contribution in [0.1, 0.15) is 53.1 Å². The number of benzene rings is 2. The summed E-state index contributed by atoms with van der Waals surface area (Å²) in [6.07, 6.45) is -2.26. The Morgan fingerprint density at radius 1 is 0.909 bits per heavy atom. The SMILES string of the molecule is O=C(NS(=O)(=O)C1CC1)c1cc(C2CC2)c(CN2CCN(S(=O)(=O)c3cc(Cl)cc(Cl)c3)CC2)cc1F.O=C(O)C(F)(F)F. The number of carboxylic acid groups (broad SMARTS) is 1. The zero-order valence-corrected chi connectivity index (χ0v) is 25.9. The van der Waals surface area contributed by atoms with Crippen LogP contribution in [-0.2, 0) is 31.4 Å². The van der Waals surface area contributed by atoms with Crippen molar-refractivity contribution in [2.45, 2.75) is 54.5 Å². The van der Waals surface area contributed by atoms with Crippen LogP contribution in [0.2, 0.25) is 10.0 Å². The average molecular weight is 705 g/mol. The maximum Gasteiger partial charge on any atom is 0.490 e. The summed E-state index contributed by atoms with van der Waals surface area (Å²) in [7, 11) is -7.56. The number of alkyl halides is 3. The summed E-state index contributed by atoms with van der Waals surface area (Å²) in [5, 5.41) is 7.02. The quantitative estimate of drug-likeness (QED) is 0.386. The van der Waals surface area contributed by atoms with Gasteiger partial charge in [-0.25, -0.2) is 30.7 Å². The maximum atomic E-state index is 15.0.